The highest BCUT2D eigenvalue weighted by Gasteiger charge is 2.23. The van der Waals surface area contributed by atoms with Gasteiger partial charge in [0.2, 0.25) is 6.79 Å². The lowest BCUT2D eigenvalue weighted by molar-refractivity contribution is 0.174. The summed E-state index contributed by atoms with van der Waals surface area (Å²) < 4.78 is 10.7. The molecule has 0 aromatic heterocycles. The number of fused-ring (bicyclic) bond motifs is 1. The molecule has 1 fully saturated rings. The SMILES string of the molecule is NCC(NCC1CC1)c1ccc2c(c1)OCO2. The molecule has 1 aromatic rings. The molecule has 3 rings (SSSR count). The molecule has 0 radical (unpaired) electrons. The van der Waals surface area contributed by atoms with Crippen LogP contribution >= 0.6 is 0 Å². The first kappa shape index (κ1) is 10.9. The third-order valence-corrected chi connectivity index (χ3v) is 3.38. The van der Waals surface area contributed by atoms with Crippen LogP contribution in [0.2, 0.25) is 0 Å². The number of hydrogen-bond acceptors (Lipinski definition) is 4. The van der Waals surface area contributed by atoms with Crippen molar-refractivity contribution in [1.29, 1.82) is 0 Å². The second kappa shape index (κ2) is 4.55. The van der Waals surface area contributed by atoms with Crippen molar-refractivity contribution in [2.24, 2.45) is 11.7 Å². The third kappa shape index (κ3) is 2.37. The first-order valence-corrected chi connectivity index (χ1v) is 6.20. The van der Waals surface area contributed by atoms with Gasteiger partial charge in [0.15, 0.2) is 11.5 Å². The van der Waals surface area contributed by atoms with Gasteiger partial charge in [0.25, 0.3) is 0 Å². The highest BCUT2D eigenvalue weighted by atomic mass is 16.7. The Morgan fingerprint density at radius 3 is 2.88 bits per heavy atom. The molecule has 4 nitrogen and oxygen atoms in total. The molecule has 4 heteroatoms. The maximum Gasteiger partial charge on any atom is 0.231 e. The summed E-state index contributed by atoms with van der Waals surface area (Å²) >= 11 is 0. The molecular weight excluding hydrogens is 216 g/mol. The van der Waals surface area contributed by atoms with Crippen molar-refractivity contribution >= 4 is 0 Å². The molecule has 0 amide bonds. The molecule has 1 atom stereocenters. The fourth-order valence-electron chi connectivity index (χ4n) is 2.10. The molecule has 1 aromatic carbocycles. The van der Waals surface area contributed by atoms with Crippen molar-refractivity contribution in [1.82, 2.24) is 5.32 Å². The molecule has 92 valence electrons. The second-order valence-electron chi connectivity index (χ2n) is 4.75. The van der Waals surface area contributed by atoms with Gasteiger partial charge in [-0.1, -0.05) is 6.07 Å². The van der Waals surface area contributed by atoms with Gasteiger partial charge in [0.1, 0.15) is 0 Å². The van der Waals surface area contributed by atoms with Gasteiger partial charge >= 0.3 is 0 Å². The van der Waals surface area contributed by atoms with Crippen LogP contribution in [-0.4, -0.2) is 19.9 Å². The van der Waals surface area contributed by atoms with Crippen LogP contribution in [0.4, 0.5) is 0 Å². The highest BCUT2D eigenvalue weighted by Crippen LogP contribution is 2.34. The van der Waals surface area contributed by atoms with Crippen LogP contribution in [0, 0.1) is 5.92 Å². The second-order valence-corrected chi connectivity index (χ2v) is 4.75. The van der Waals surface area contributed by atoms with E-state index in [1.54, 1.807) is 0 Å². The van der Waals surface area contributed by atoms with Crippen LogP contribution in [0.3, 0.4) is 0 Å². The summed E-state index contributed by atoms with van der Waals surface area (Å²) in [6, 6.07) is 6.26. The van der Waals surface area contributed by atoms with Gasteiger partial charge in [0.05, 0.1) is 0 Å². The number of ether oxygens (including phenoxy) is 2. The molecular formula is C13H18N2O2. The summed E-state index contributed by atoms with van der Waals surface area (Å²) in [4.78, 5) is 0. The summed E-state index contributed by atoms with van der Waals surface area (Å²) in [5.74, 6) is 2.51. The summed E-state index contributed by atoms with van der Waals surface area (Å²) in [6.45, 7) is 1.99. The molecule has 0 saturated heterocycles. The Morgan fingerprint density at radius 2 is 2.12 bits per heavy atom. The maximum absolute atomic E-state index is 5.82. The van der Waals surface area contributed by atoms with Crippen LogP contribution in [0.5, 0.6) is 11.5 Å². The summed E-state index contributed by atoms with van der Waals surface area (Å²) in [6.07, 6.45) is 2.71. The number of nitrogens with two attached hydrogens (primary N) is 1. The van der Waals surface area contributed by atoms with E-state index >= 15 is 0 Å². The minimum absolute atomic E-state index is 0.213. The van der Waals surface area contributed by atoms with Gasteiger partial charge in [-0.25, -0.2) is 0 Å². The van der Waals surface area contributed by atoms with E-state index in [9.17, 15) is 0 Å². The van der Waals surface area contributed by atoms with E-state index in [0.29, 0.717) is 13.3 Å². The van der Waals surface area contributed by atoms with Crippen molar-refractivity contribution < 1.29 is 9.47 Å². The van der Waals surface area contributed by atoms with Gasteiger partial charge in [-0.2, -0.15) is 0 Å². The Balaban J connectivity index is 1.71. The molecule has 1 saturated carbocycles. The minimum Gasteiger partial charge on any atom is -0.454 e. The normalized spacial score (nSPS) is 19.4. The van der Waals surface area contributed by atoms with Gasteiger partial charge < -0.3 is 20.5 Å². The van der Waals surface area contributed by atoms with Crippen LogP contribution < -0.4 is 20.5 Å². The van der Waals surface area contributed by atoms with E-state index in [2.05, 4.69) is 11.4 Å². The summed E-state index contributed by atoms with van der Waals surface area (Å²) in [5, 5.41) is 3.52. The lowest BCUT2D eigenvalue weighted by Crippen LogP contribution is -2.29. The van der Waals surface area contributed by atoms with E-state index in [1.165, 1.54) is 18.4 Å². The molecule has 1 heterocycles. The number of hydrogen-bond donors (Lipinski definition) is 2. The van der Waals surface area contributed by atoms with E-state index in [4.69, 9.17) is 15.2 Å². The van der Waals surface area contributed by atoms with Crippen molar-refractivity contribution in [3.63, 3.8) is 0 Å². The van der Waals surface area contributed by atoms with Crippen LogP contribution in [-0.2, 0) is 0 Å². The standard InChI is InChI=1S/C13H18N2O2/c14-6-11(15-7-9-1-2-9)10-3-4-12-13(5-10)17-8-16-12/h3-5,9,11,15H,1-2,6-8,14H2. The zero-order chi connectivity index (χ0) is 11.7. The zero-order valence-electron chi connectivity index (χ0n) is 9.82. The van der Waals surface area contributed by atoms with Crippen molar-refractivity contribution in [3.8, 4) is 11.5 Å². The Kier molecular flexibility index (Phi) is 2.91. The monoisotopic (exact) mass is 234 g/mol. The number of rotatable bonds is 5. The third-order valence-electron chi connectivity index (χ3n) is 3.38. The minimum atomic E-state index is 0.213. The molecule has 1 unspecified atom stereocenters. The Hall–Kier alpha value is -1.26. The molecule has 1 aliphatic heterocycles. The largest absolute Gasteiger partial charge is 0.454 e. The predicted molar refractivity (Wildman–Crippen MR) is 65.1 cm³/mol. The Bertz CT molecular complexity index is 404. The van der Waals surface area contributed by atoms with Gasteiger partial charge in [-0.15, -0.1) is 0 Å². The first-order chi connectivity index (χ1) is 8.36. The topological polar surface area (TPSA) is 56.5 Å². The van der Waals surface area contributed by atoms with E-state index in [-0.39, 0.29) is 6.04 Å². The molecule has 3 N–H and O–H groups in total. The fraction of sp³-hybridized carbons (Fsp3) is 0.538. The number of benzene rings is 1. The smallest absolute Gasteiger partial charge is 0.231 e. The average molecular weight is 234 g/mol. The van der Waals surface area contributed by atoms with Crippen molar-refractivity contribution in [3.05, 3.63) is 23.8 Å². The maximum atomic E-state index is 5.82. The van der Waals surface area contributed by atoms with Crippen LogP contribution in [0.25, 0.3) is 0 Å². The summed E-state index contributed by atoms with van der Waals surface area (Å²) in [7, 11) is 0. The number of nitrogens with one attached hydrogen (secondary N) is 1. The molecule has 17 heavy (non-hydrogen) atoms. The first-order valence-electron chi connectivity index (χ1n) is 6.20. The van der Waals surface area contributed by atoms with Crippen LogP contribution in [0.1, 0.15) is 24.4 Å². The van der Waals surface area contributed by atoms with Gasteiger partial charge in [0, 0.05) is 12.6 Å². The lowest BCUT2D eigenvalue weighted by atomic mass is 10.1. The van der Waals surface area contributed by atoms with Crippen LogP contribution in [0.15, 0.2) is 18.2 Å². The fourth-order valence-corrected chi connectivity index (χ4v) is 2.10. The van der Waals surface area contributed by atoms with Gasteiger partial charge in [-0.3, -0.25) is 0 Å². The molecule has 0 spiro atoms. The van der Waals surface area contributed by atoms with Crippen molar-refractivity contribution in [2.75, 3.05) is 19.9 Å². The Morgan fingerprint density at radius 1 is 1.29 bits per heavy atom. The molecule has 1 aliphatic carbocycles. The highest BCUT2D eigenvalue weighted by molar-refractivity contribution is 5.45. The average Bonchev–Trinajstić information content (AvgIpc) is 3.06. The Labute approximate surface area is 101 Å². The van der Waals surface area contributed by atoms with E-state index < -0.39 is 0 Å². The van der Waals surface area contributed by atoms with Gasteiger partial charge in [-0.05, 0) is 43.0 Å². The predicted octanol–water partition coefficient (Wildman–Crippen LogP) is 1.41. The van der Waals surface area contributed by atoms with Crippen molar-refractivity contribution in [2.45, 2.75) is 18.9 Å². The van der Waals surface area contributed by atoms with E-state index in [0.717, 1.165) is 24.0 Å². The lowest BCUT2D eigenvalue weighted by Gasteiger charge is -2.17. The molecule has 0 bridgehead atoms. The van der Waals surface area contributed by atoms with E-state index in [1.807, 2.05) is 12.1 Å². The zero-order valence-corrected chi connectivity index (χ0v) is 9.82. The molecule has 2 aliphatic rings. The summed E-state index contributed by atoms with van der Waals surface area (Å²) in [5.41, 5.74) is 7.00. The quantitative estimate of drug-likeness (QED) is 0.809.